The molecule has 20 heavy (non-hydrogen) atoms. The molecule has 2 aliphatic heterocycles. The first kappa shape index (κ1) is 14.4. The molecule has 0 radical (unpaired) electrons. The van der Waals surface area contributed by atoms with Crippen LogP contribution < -0.4 is 0 Å². The van der Waals surface area contributed by atoms with Gasteiger partial charge in [0.1, 0.15) is 5.01 Å². The fourth-order valence-corrected chi connectivity index (χ4v) is 3.92. The molecule has 3 heterocycles. The normalized spacial score (nSPS) is 23.6. The number of ether oxygens (including phenoxy) is 2. The van der Waals surface area contributed by atoms with Crippen molar-refractivity contribution in [1.82, 2.24) is 9.88 Å². The van der Waals surface area contributed by atoms with Crippen molar-refractivity contribution in [2.75, 3.05) is 26.3 Å². The second-order valence-corrected chi connectivity index (χ2v) is 7.74. The van der Waals surface area contributed by atoms with Crippen LogP contribution in [-0.2, 0) is 21.4 Å². The van der Waals surface area contributed by atoms with Crippen LogP contribution in [0.5, 0.6) is 0 Å². The molecule has 1 aromatic rings. The van der Waals surface area contributed by atoms with Gasteiger partial charge in [0.05, 0.1) is 32.0 Å². The molecular formula is C15H24N2O2S. The van der Waals surface area contributed by atoms with Gasteiger partial charge in [-0.25, -0.2) is 4.98 Å². The Morgan fingerprint density at radius 1 is 1.35 bits per heavy atom. The molecule has 1 spiro atoms. The second-order valence-electron chi connectivity index (χ2n) is 6.80. The molecule has 2 aliphatic rings. The van der Waals surface area contributed by atoms with Crippen molar-refractivity contribution < 1.29 is 9.47 Å². The Morgan fingerprint density at radius 2 is 2.10 bits per heavy atom. The molecule has 0 saturated carbocycles. The molecule has 3 rings (SSSR count). The smallest absolute Gasteiger partial charge is 0.181 e. The first-order valence-electron chi connectivity index (χ1n) is 7.42. The molecule has 0 unspecified atom stereocenters. The van der Waals surface area contributed by atoms with E-state index in [9.17, 15) is 0 Å². The molecule has 0 amide bonds. The Labute approximate surface area is 125 Å². The van der Waals surface area contributed by atoms with Gasteiger partial charge in [-0.05, 0) is 13.0 Å². The van der Waals surface area contributed by atoms with E-state index in [2.05, 4.69) is 31.1 Å². The van der Waals surface area contributed by atoms with Crippen molar-refractivity contribution in [3.05, 3.63) is 16.1 Å². The lowest BCUT2D eigenvalue weighted by Gasteiger charge is -2.38. The minimum absolute atomic E-state index is 0.134. The fourth-order valence-electron chi connectivity index (χ4n) is 2.86. The number of likely N-dealkylation sites (tertiary alicyclic amines) is 1. The highest BCUT2D eigenvalue weighted by Crippen LogP contribution is 2.31. The zero-order valence-corrected chi connectivity index (χ0v) is 13.5. The highest BCUT2D eigenvalue weighted by molar-refractivity contribution is 7.09. The van der Waals surface area contributed by atoms with Crippen LogP contribution in [0.3, 0.4) is 0 Å². The second kappa shape index (κ2) is 5.37. The van der Waals surface area contributed by atoms with Crippen LogP contribution >= 0.6 is 11.3 Å². The standard InChI is InChI=1S/C15H24N2O2S/c1-14(2,3)12-10-20-13(16-12)9-17-6-4-5-15(11-17)18-7-8-19-15/h10H,4-9,11H2,1-3H3. The number of nitrogens with zero attached hydrogens (tertiary/aromatic N) is 2. The number of thiazole rings is 1. The number of rotatable bonds is 2. The number of hydrogen-bond acceptors (Lipinski definition) is 5. The summed E-state index contributed by atoms with van der Waals surface area (Å²) in [5.41, 5.74) is 1.33. The third kappa shape index (κ3) is 3.06. The van der Waals surface area contributed by atoms with E-state index in [-0.39, 0.29) is 11.2 Å². The molecule has 2 fully saturated rings. The van der Waals surface area contributed by atoms with Crippen LogP contribution in [0.1, 0.15) is 44.3 Å². The molecule has 2 saturated heterocycles. The van der Waals surface area contributed by atoms with Crippen LogP contribution in [0, 0.1) is 0 Å². The molecule has 112 valence electrons. The van der Waals surface area contributed by atoms with Crippen molar-refractivity contribution in [3.8, 4) is 0 Å². The van der Waals surface area contributed by atoms with Gasteiger partial charge >= 0.3 is 0 Å². The Bertz CT molecular complexity index is 461. The lowest BCUT2D eigenvalue weighted by molar-refractivity contribution is -0.190. The largest absolute Gasteiger partial charge is 0.346 e. The predicted octanol–water partition coefficient (Wildman–Crippen LogP) is 2.78. The summed E-state index contributed by atoms with van der Waals surface area (Å²) in [6.07, 6.45) is 2.16. The van der Waals surface area contributed by atoms with Gasteiger partial charge in [0.25, 0.3) is 0 Å². The third-order valence-electron chi connectivity index (χ3n) is 3.99. The van der Waals surface area contributed by atoms with Crippen molar-refractivity contribution >= 4 is 11.3 Å². The van der Waals surface area contributed by atoms with Crippen LogP contribution in [0.2, 0.25) is 0 Å². The van der Waals surface area contributed by atoms with Gasteiger partial charge in [0.2, 0.25) is 0 Å². The van der Waals surface area contributed by atoms with E-state index >= 15 is 0 Å². The van der Waals surface area contributed by atoms with Gasteiger partial charge in [0, 0.05) is 17.2 Å². The number of piperidine rings is 1. The zero-order valence-electron chi connectivity index (χ0n) is 12.6. The van der Waals surface area contributed by atoms with Crippen LogP contribution in [0.15, 0.2) is 5.38 Å². The summed E-state index contributed by atoms with van der Waals surface area (Å²) in [7, 11) is 0. The van der Waals surface area contributed by atoms with Crippen molar-refractivity contribution in [3.63, 3.8) is 0 Å². The maximum absolute atomic E-state index is 5.83. The van der Waals surface area contributed by atoms with E-state index in [1.165, 1.54) is 10.7 Å². The summed E-state index contributed by atoms with van der Waals surface area (Å²) in [5.74, 6) is -0.331. The molecule has 5 heteroatoms. The van der Waals surface area contributed by atoms with Crippen molar-refractivity contribution in [2.24, 2.45) is 0 Å². The summed E-state index contributed by atoms with van der Waals surface area (Å²) in [5, 5.41) is 3.39. The molecular weight excluding hydrogens is 272 g/mol. The minimum atomic E-state index is -0.331. The fraction of sp³-hybridized carbons (Fsp3) is 0.800. The third-order valence-corrected chi connectivity index (χ3v) is 4.82. The summed E-state index contributed by atoms with van der Waals surface area (Å²) in [6.45, 7) is 11.0. The summed E-state index contributed by atoms with van der Waals surface area (Å²) in [4.78, 5) is 7.20. The Kier molecular flexibility index (Phi) is 3.88. The molecule has 0 bridgehead atoms. The maximum Gasteiger partial charge on any atom is 0.181 e. The Balaban J connectivity index is 1.64. The minimum Gasteiger partial charge on any atom is -0.346 e. The molecule has 1 aromatic heterocycles. The van der Waals surface area contributed by atoms with E-state index in [0.717, 1.165) is 45.7 Å². The zero-order chi connectivity index (χ0) is 14.2. The summed E-state index contributed by atoms with van der Waals surface area (Å²) in [6, 6.07) is 0. The SMILES string of the molecule is CC(C)(C)c1csc(CN2CCCC3(C2)OCCO3)n1. The average Bonchev–Trinajstić information content (AvgIpc) is 2.99. The number of hydrogen-bond donors (Lipinski definition) is 0. The van der Waals surface area contributed by atoms with Gasteiger partial charge in [0.15, 0.2) is 5.79 Å². The average molecular weight is 296 g/mol. The van der Waals surface area contributed by atoms with Crippen molar-refractivity contribution in [2.45, 2.75) is 51.4 Å². The molecule has 4 nitrogen and oxygen atoms in total. The van der Waals surface area contributed by atoms with E-state index in [1.54, 1.807) is 11.3 Å². The monoisotopic (exact) mass is 296 g/mol. The van der Waals surface area contributed by atoms with Gasteiger partial charge < -0.3 is 9.47 Å². The number of aromatic nitrogens is 1. The Hall–Kier alpha value is -0.490. The highest BCUT2D eigenvalue weighted by Gasteiger charge is 2.40. The van der Waals surface area contributed by atoms with Crippen LogP contribution in [0.25, 0.3) is 0 Å². The van der Waals surface area contributed by atoms with Gasteiger partial charge in [-0.1, -0.05) is 20.8 Å². The van der Waals surface area contributed by atoms with E-state index in [4.69, 9.17) is 14.5 Å². The van der Waals surface area contributed by atoms with Crippen LogP contribution in [-0.4, -0.2) is 42.0 Å². The van der Waals surface area contributed by atoms with Gasteiger partial charge in [-0.3, -0.25) is 4.90 Å². The molecule has 0 aliphatic carbocycles. The first-order valence-corrected chi connectivity index (χ1v) is 8.30. The molecule has 0 aromatic carbocycles. The first-order chi connectivity index (χ1) is 9.47. The lowest BCUT2D eigenvalue weighted by atomic mass is 9.93. The molecule has 0 N–H and O–H groups in total. The summed E-state index contributed by atoms with van der Waals surface area (Å²) >= 11 is 1.77. The Morgan fingerprint density at radius 3 is 2.75 bits per heavy atom. The van der Waals surface area contributed by atoms with Crippen LogP contribution in [0.4, 0.5) is 0 Å². The quantitative estimate of drug-likeness (QED) is 0.840. The predicted molar refractivity (Wildman–Crippen MR) is 80.0 cm³/mol. The summed E-state index contributed by atoms with van der Waals surface area (Å²) < 4.78 is 11.7. The highest BCUT2D eigenvalue weighted by atomic mass is 32.1. The van der Waals surface area contributed by atoms with Gasteiger partial charge in [-0.2, -0.15) is 0 Å². The lowest BCUT2D eigenvalue weighted by Crippen LogP contribution is -2.48. The van der Waals surface area contributed by atoms with Gasteiger partial charge in [-0.15, -0.1) is 11.3 Å². The maximum atomic E-state index is 5.83. The van der Waals surface area contributed by atoms with E-state index in [1.807, 2.05) is 0 Å². The van der Waals surface area contributed by atoms with E-state index in [0.29, 0.717) is 0 Å². The topological polar surface area (TPSA) is 34.6 Å². The molecule has 0 atom stereocenters. The van der Waals surface area contributed by atoms with E-state index < -0.39 is 0 Å². The van der Waals surface area contributed by atoms with Crippen molar-refractivity contribution in [1.29, 1.82) is 0 Å².